The number of ether oxygens (including phenoxy) is 13. The number of nitrogens with zero attached hydrogens (tertiary/aromatic N) is 16. The Labute approximate surface area is 521 Å². The Hall–Kier alpha value is -6.98. The molecule has 15 rings (SSSR count). The van der Waals surface area contributed by atoms with E-state index < -0.39 is 134 Å². The second-order valence-corrected chi connectivity index (χ2v) is 25.0. The first-order valence-corrected chi connectivity index (χ1v) is 31.5. The molecule has 0 bridgehead atoms. The highest BCUT2D eigenvalue weighted by Gasteiger charge is 2.57. The van der Waals surface area contributed by atoms with Gasteiger partial charge in [0.2, 0.25) is 0 Å². The Kier molecular flexibility index (Phi) is 19.2. The van der Waals surface area contributed by atoms with Gasteiger partial charge in [-0.2, -0.15) is 0 Å². The molecule has 15 heterocycles. The van der Waals surface area contributed by atoms with Crippen molar-refractivity contribution in [2.24, 2.45) is 0 Å². The second kappa shape index (κ2) is 27.0. The van der Waals surface area contributed by atoms with Gasteiger partial charge >= 0.3 is 0 Å². The lowest BCUT2D eigenvalue weighted by Crippen LogP contribution is -2.33. The van der Waals surface area contributed by atoms with Crippen LogP contribution >= 0.6 is 15.2 Å². The van der Waals surface area contributed by atoms with Crippen LogP contribution in [0.3, 0.4) is 0 Å². The first kappa shape index (κ1) is 66.1. The van der Waals surface area contributed by atoms with E-state index in [4.69, 9.17) is 94.1 Å². The molecule has 8 aromatic rings. The van der Waals surface area contributed by atoms with Gasteiger partial charge in [-0.1, -0.05) is 14.5 Å². The van der Waals surface area contributed by atoms with E-state index in [1.54, 1.807) is 24.3 Å². The van der Waals surface area contributed by atoms with Crippen molar-refractivity contribution in [3.63, 3.8) is 0 Å². The summed E-state index contributed by atoms with van der Waals surface area (Å²) in [6.45, 7) is -1.66. The van der Waals surface area contributed by atoms with E-state index in [2.05, 4.69) is 59.8 Å². The highest BCUT2D eigenvalue weighted by molar-refractivity contribution is 7.67. The van der Waals surface area contributed by atoms with E-state index in [0.29, 0.717) is 50.5 Å². The number of nitrogens with two attached hydrogens (primary N) is 4. The largest absolute Gasteiger partial charge is 0.810 e. The molecule has 7 aliphatic rings. The van der Waals surface area contributed by atoms with Gasteiger partial charge in [-0.25, -0.2) is 59.8 Å². The number of aliphatic hydroxyl groups is 4. The molecule has 45 heteroatoms. The summed E-state index contributed by atoms with van der Waals surface area (Å²) in [7, 11) is -5.90. The monoisotopic (exact) mass is 1350 g/mol. The molecule has 0 spiro atoms. The smallest absolute Gasteiger partial charge is 0.272 e. The topological polar surface area (TPSA) is 592 Å². The van der Waals surface area contributed by atoms with Gasteiger partial charge in [-0.05, 0) is 6.42 Å². The third kappa shape index (κ3) is 12.9. The van der Waals surface area contributed by atoms with Crippen molar-refractivity contribution in [3.05, 3.63) is 50.6 Å². The van der Waals surface area contributed by atoms with Gasteiger partial charge < -0.3 is 133 Å². The fraction of sp³-hybridized carbons (Fsp3) is 0.583. The Balaban J connectivity index is 0.000000121. The fourth-order valence-corrected chi connectivity index (χ4v) is 13.7. The normalized spacial score (nSPS) is 32.7. The van der Waals surface area contributed by atoms with Crippen molar-refractivity contribution in [2.45, 2.75) is 131 Å². The Morgan fingerprint density at radius 3 is 1.12 bits per heavy atom. The van der Waals surface area contributed by atoms with E-state index in [1.165, 1.54) is 61.3 Å². The number of fused-ring (bicyclic) bond motifs is 7. The molecule has 8 unspecified atom stereocenters. The number of hydrogen-bond acceptors (Lipinski definition) is 39. The average molecular weight is 1350 g/mol. The van der Waals surface area contributed by atoms with Crippen molar-refractivity contribution in [2.75, 3.05) is 70.0 Å². The van der Waals surface area contributed by atoms with Crippen LogP contribution in [0.25, 0.3) is 44.7 Å². The molecule has 43 nitrogen and oxygen atoms in total. The maximum atomic E-state index is 11.8. The predicted molar refractivity (Wildman–Crippen MR) is 299 cm³/mol. The summed E-state index contributed by atoms with van der Waals surface area (Å²) < 4.78 is 106. The highest BCUT2D eigenvalue weighted by atomic mass is 31.2. The Morgan fingerprint density at radius 1 is 0.452 bits per heavy atom. The molecule has 0 radical (unpaired) electrons. The Morgan fingerprint density at radius 2 is 0.774 bits per heavy atom. The number of aromatic nitrogens is 16. The van der Waals surface area contributed by atoms with Crippen LogP contribution in [-0.4, -0.2) is 238 Å². The minimum atomic E-state index is -5.32. The van der Waals surface area contributed by atoms with Gasteiger partial charge in [-0.3, -0.25) is 18.3 Å². The summed E-state index contributed by atoms with van der Waals surface area (Å²) in [5.41, 5.74) is 26.7. The van der Waals surface area contributed by atoms with E-state index in [0.717, 1.165) is 6.42 Å². The molecule has 0 aliphatic carbocycles. The fourth-order valence-electron chi connectivity index (χ4n) is 11.3. The van der Waals surface area contributed by atoms with Crippen molar-refractivity contribution in [1.29, 1.82) is 0 Å². The van der Waals surface area contributed by atoms with Crippen LogP contribution in [0, 0.1) is 0 Å². The molecule has 12 N–H and O–H groups in total. The summed E-state index contributed by atoms with van der Waals surface area (Å²) in [5.74, 6) is -0.655. The molecule has 504 valence electrons. The Bertz CT molecular complexity index is 3900. The van der Waals surface area contributed by atoms with Crippen LogP contribution in [0.15, 0.2) is 50.6 Å². The lowest BCUT2D eigenvalue weighted by molar-refractivity contribution is -0.313. The SMILES string of the molecule is CC[C@H]1O[C@@H](n2cnc3c(N)ncnc32)[C@H]2OC(OC)OC12.COC1OC2[C@@H](CO)O[C@@H](n3cnc4c(N)ncnc43)[C@H]2O1.COC1OC2[C@@H](COP(=O)([O-])CP(=O)([O-])[O-])O[C@@H](n3cnc4c(N)ncnc43)[C@H]2O1.Nc1ncnc2c1ncn2[C@@H]1O[C@H](CO)C(O)[C@@H]1O. The van der Waals surface area contributed by atoms with Crippen molar-refractivity contribution >= 4 is 83.1 Å². The zero-order valence-electron chi connectivity index (χ0n) is 49.0. The zero-order valence-corrected chi connectivity index (χ0v) is 50.8. The van der Waals surface area contributed by atoms with Gasteiger partial charge in [0.05, 0.1) is 51.2 Å². The van der Waals surface area contributed by atoms with E-state index >= 15 is 0 Å². The maximum absolute atomic E-state index is 11.8. The van der Waals surface area contributed by atoms with Crippen LogP contribution < -0.4 is 37.6 Å². The standard InChI is InChI=1S/C13H19N5O10P2.C13H17N5O4.C12H15N5O5.C10H13N5O4/c1-24-13-27-8-6(2-25-30(22,23)5-29(19,20)21)26-12(9(8)28-13)18-4-17-7-10(14)15-3-16-11(7)18;1-3-6-8-9(22-13(19-2)21-8)12(20-6)18-5-17-7-10(14)15-4-16-11(7)18;1-19-12-21-7-5(2-18)20-11(8(7)22-12)17-4-16-6-9(13)14-3-15-10(6)17;11-8-5-9(13-2-12-8)15(3-14-5)10-7(18)6(17)4(1-16)19-10/h3-4,6,8-9,12-13H,2,5H2,1H3,(H,22,23)(H2,14,15,16)(H2,19,20,21);4-6,8-9,12-13H,3H2,1-2H3,(H2,14,15,16);3-5,7-8,11-12,18H,2H2,1H3,(H2,13,14,15);2-4,6-7,10,16-18H,1H2,(H2,11,12,13)/p-3/t2*6-,8?,9+,12-,13?;5-,7?,8+,11-,12?;4-,6?,7+,10-/m1111/s1. The van der Waals surface area contributed by atoms with Gasteiger partial charge in [-0.15, -0.1) is 0 Å². The van der Waals surface area contributed by atoms with E-state index in [1.807, 2.05) is 11.5 Å². The molecule has 7 saturated heterocycles. The number of hydrogen-bond donors (Lipinski definition) is 8. The number of aliphatic hydroxyl groups excluding tert-OH is 4. The number of imidazole rings is 4. The highest BCUT2D eigenvalue weighted by Crippen LogP contribution is 2.50. The number of methoxy groups -OCH3 is 3. The third-order valence-corrected chi connectivity index (χ3v) is 18.9. The average Bonchev–Trinajstić information content (AvgIpc) is 1.97. The van der Waals surface area contributed by atoms with E-state index in [-0.39, 0.29) is 42.4 Å². The third-order valence-electron chi connectivity index (χ3n) is 15.6. The van der Waals surface area contributed by atoms with Crippen LogP contribution in [0.2, 0.25) is 0 Å². The van der Waals surface area contributed by atoms with Gasteiger partial charge in [0.1, 0.15) is 122 Å². The molecule has 20 atom stereocenters. The van der Waals surface area contributed by atoms with E-state index in [9.17, 15) is 39.1 Å². The van der Waals surface area contributed by atoms with Crippen LogP contribution in [-0.2, 0) is 75.2 Å². The predicted octanol–water partition coefficient (Wildman–Crippen LogP) is -5.08. The molecule has 93 heavy (non-hydrogen) atoms. The lowest BCUT2D eigenvalue weighted by Gasteiger charge is -2.36. The maximum Gasteiger partial charge on any atom is 0.272 e. The van der Waals surface area contributed by atoms with Gasteiger partial charge in [0.15, 0.2) is 70.8 Å². The van der Waals surface area contributed by atoms with Crippen LogP contribution in [0.5, 0.6) is 0 Å². The van der Waals surface area contributed by atoms with Crippen molar-refractivity contribution in [3.8, 4) is 0 Å². The number of nitrogen functional groups attached to an aromatic ring is 4. The zero-order chi connectivity index (χ0) is 65.8. The number of rotatable bonds is 15. The molecular weight excluding hydrogens is 1290 g/mol. The lowest BCUT2D eigenvalue weighted by atomic mass is 10.1. The van der Waals surface area contributed by atoms with Crippen molar-refractivity contribution < 1.29 is 110 Å². The van der Waals surface area contributed by atoms with Crippen LogP contribution in [0.1, 0.15) is 38.3 Å². The van der Waals surface area contributed by atoms with Crippen molar-refractivity contribution in [1.82, 2.24) is 78.1 Å². The summed E-state index contributed by atoms with van der Waals surface area (Å²) in [5, 5.41) is 38.2. The first-order chi connectivity index (χ1) is 44.7. The van der Waals surface area contributed by atoms with Gasteiger partial charge in [0.25, 0.3) is 19.4 Å². The van der Waals surface area contributed by atoms with Gasteiger partial charge in [0, 0.05) is 27.2 Å². The summed E-state index contributed by atoms with van der Waals surface area (Å²) in [4.78, 5) is 82.1. The molecule has 7 fully saturated rings. The summed E-state index contributed by atoms with van der Waals surface area (Å²) >= 11 is 0. The van der Waals surface area contributed by atoms with Crippen LogP contribution in [0.4, 0.5) is 23.3 Å². The molecule has 0 amide bonds. The summed E-state index contributed by atoms with van der Waals surface area (Å²) in [6, 6.07) is 0. The summed E-state index contributed by atoms with van der Waals surface area (Å²) in [6.07, 6.45) is 1.60. The minimum Gasteiger partial charge on any atom is -0.810 e. The molecular formula is C48H61N20O23P2-3. The minimum absolute atomic E-state index is 0.0771. The molecule has 8 aromatic heterocycles. The first-order valence-electron chi connectivity index (χ1n) is 28.0. The molecule has 7 aliphatic heterocycles. The molecule has 0 saturated carbocycles. The second-order valence-electron chi connectivity index (χ2n) is 21.2. The number of anilines is 4. The molecule has 0 aromatic carbocycles. The quantitative estimate of drug-likeness (QED) is 0.0445.